The molecule has 1 heterocycles. The molecular formula is C15H22BrClN2OS. The van der Waals surface area contributed by atoms with Crippen LogP contribution in [0.25, 0.3) is 0 Å². The van der Waals surface area contributed by atoms with E-state index in [0.29, 0.717) is 12.3 Å². The Morgan fingerprint density at radius 2 is 2.14 bits per heavy atom. The molecule has 118 valence electrons. The number of halogens is 2. The molecule has 1 saturated heterocycles. The van der Waals surface area contributed by atoms with Gasteiger partial charge in [-0.15, -0.1) is 24.2 Å². The fraction of sp³-hybridized carbons (Fsp3) is 0.533. The average Bonchev–Trinajstić information content (AvgIpc) is 2.44. The maximum absolute atomic E-state index is 11.9. The molecule has 0 aliphatic carbocycles. The smallest absolute Gasteiger partial charge is 0.221 e. The summed E-state index contributed by atoms with van der Waals surface area (Å²) in [5.41, 5.74) is 0. The van der Waals surface area contributed by atoms with Crippen molar-refractivity contribution in [1.82, 2.24) is 10.6 Å². The lowest BCUT2D eigenvalue weighted by Crippen LogP contribution is -2.50. The van der Waals surface area contributed by atoms with Gasteiger partial charge in [0, 0.05) is 34.1 Å². The third-order valence-corrected chi connectivity index (χ3v) is 5.13. The largest absolute Gasteiger partial charge is 0.352 e. The van der Waals surface area contributed by atoms with Crippen LogP contribution >= 0.6 is 40.1 Å². The minimum Gasteiger partial charge on any atom is -0.352 e. The van der Waals surface area contributed by atoms with Gasteiger partial charge in [0.1, 0.15) is 0 Å². The predicted octanol–water partition coefficient (Wildman–Crippen LogP) is 3.47. The quantitative estimate of drug-likeness (QED) is 0.753. The lowest BCUT2D eigenvalue weighted by molar-refractivity contribution is -0.121. The molecule has 1 fully saturated rings. The zero-order valence-corrected chi connectivity index (χ0v) is 15.3. The Morgan fingerprint density at radius 3 is 2.81 bits per heavy atom. The van der Waals surface area contributed by atoms with Gasteiger partial charge in [0.2, 0.25) is 5.91 Å². The second-order valence-electron chi connectivity index (χ2n) is 5.20. The first-order valence-corrected chi connectivity index (χ1v) is 8.81. The van der Waals surface area contributed by atoms with E-state index < -0.39 is 0 Å². The van der Waals surface area contributed by atoms with E-state index in [2.05, 4.69) is 45.6 Å². The number of thioether (sulfide) groups is 1. The van der Waals surface area contributed by atoms with Crippen LogP contribution in [0.1, 0.15) is 19.8 Å². The van der Waals surface area contributed by atoms with E-state index in [4.69, 9.17) is 0 Å². The van der Waals surface area contributed by atoms with Crippen LogP contribution in [0.5, 0.6) is 0 Å². The molecule has 1 aliphatic rings. The third kappa shape index (κ3) is 6.59. The second-order valence-corrected chi connectivity index (χ2v) is 7.28. The van der Waals surface area contributed by atoms with Crippen molar-refractivity contribution >= 4 is 46.0 Å². The number of amides is 1. The molecule has 2 atom stereocenters. The average molecular weight is 394 g/mol. The van der Waals surface area contributed by atoms with Crippen molar-refractivity contribution < 1.29 is 4.79 Å². The van der Waals surface area contributed by atoms with Crippen LogP contribution in [0, 0.1) is 5.92 Å². The van der Waals surface area contributed by atoms with E-state index in [1.165, 1.54) is 4.90 Å². The Bertz CT molecular complexity index is 444. The molecule has 1 amide bonds. The summed E-state index contributed by atoms with van der Waals surface area (Å²) in [6, 6.07) is 8.48. The molecule has 1 aromatic rings. The van der Waals surface area contributed by atoms with Crippen molar-refractivity contribution in [1.29, 1.82) is 0 Å². The number of carbonyl (C=O) groups is 1. The number of nitrogens with one attached hydrogen (secondary N) is 2. The Kier molecular flexibility index (Phi) is 8.71. The summed E-state index contributed by atoms with van der Waals surface area (Å²) in [5.74, 6) is 1.55. The van der Waals surface area contributed by atoms with Crippen molar-refractivity contribution in [3.05, 3.63) is 28.7 Å². The predicted molar refractivity (Wildman–Crippen MR) is 95.3 cm³/mol. The first-order chi connectivity index (χ1) is 9.65. The van der Waals surface area contributed by atoms with E-state index in [9.17, 15) is 4.79 Å². The van der Waals surface area contributed by atoms with Gasteiger partial charge in [0.15, 0.2) is 0 Å². The van der Waals surface area contributed by atoms with Crippen LogP contribution < -0.4 is 10.6 Å². The topological polar surface area (TPSA) is 41.1 Å². The molecular weight excluding hydrogens is 372 g/mol. The minimum absolute atomic E-state index is 0. The lowest BCUT2D eigenvalue weighted by Gasteiger charge is -2.30. The highest BCUT2D eigenvalue weighted by Crippen LogP contribution is 2.21. The minimum atomic E-state index is 0. The van der Waals surface area contributed by atoms with Gasteiger partial charge in [0.25, 0.3) is 0 Å². The highest BCUT2D eigenvalue weighted by Gasteiger charge is 2.22. The van der Waals surface area contributed by atoms with Crippen LogP contribution in [-0.2, 0) is 4.79 Å². The van der Waals surface area contributed by atoms with E-state index >= 15 is 0 Å². The molecule has 1 aliphatic heterocycles. The van der Waals surface area contributed by atoms with Crippen molar-refractivity contribution in [2.45, 2.75) is 30.7 Å². The van der Waals surface area contributed by atoms with Crippen molar-refractivity contribution in [2.24, 2.45) is 5.92 Å². The molecule has 0 spiro atoms. The van der Waals surface area contributed by atoms with Crippen LogP contribution in [0.3, 0.4) is 0 Å². The molecule has 6 heteroatoms. The van der Waals surface area contributed by atoms with Crippen LogP contribution in [-0.4, -0.2) is 30.8 Å². The number of carbonyl (C=O) groups excluding carboxylic acids is 1. The maximum atomic E-state index is 11.9. The number of hydrogen-bond acceptors (Lipinski definition) is 3. The van der Waals surface area contributed by atoms with Gasteiger partial charge in [-0.05, 0) is 43.1 Å². The van der Waals surface area contributed by atoms with Gasteiger partial charge in [-0.2, -0.15) is 0 Å². The summed E-state index contributed by atoms with van der Waals surface area (Å²) in [6.07, 6.45) is 1.71. The van der Waals surface area contributed by atoms with Gasteiger partial charge in [0.05, 0.1) is 0 Å². The number of piperidine rings is 1. The molecule has 0 bridgehead atoms. The molecule has 0 aromatic heterocycles. The van der Waals surface area contributed by atoms with Crippen LogP contribution in [0.4, 0.5) is 0 Å². The van der Waals surface area contributed by atoms with Gasteiger partial charge < -0.3 is 10.6 Å². The number of rotatable bonds is 5. The second kappa shape index (κ2) is 9.72. The van der Waals surface area contributed by atoms with E-state index in [1.54, 1.807) is 11.8 Å². The zero-order chi connectivity index (χ0) is 14.4. The van der Waals surface area contributed by atoms with Gasteiger partial charge in [-0.1, -0.05) is 22.9 Å². The summed E-state index contributed by atoms with van der Waals surface area (Å²) in [7, 11) is 0. The Labute approximate surface area is 145 Å². The molecule has 1 aromatic carbocycles. The summed E-state index contributed by atoms with van der Waals surface area (Å²) in [5, 5.41) is 6.48. The van der Waals surface area contributed by atoms with Gasteiger partial charge in [-0.25, -0.2) is 0 Å². The Balaban J connectivity index is 0.00000220. The lowest BCUT2D eigenvalue weighted by atomic mass is 9.95. The van der Waals surface area contributed by atoms with Crippen molar-refractivity contribution in [3.8, 4) is 0 Å². The van der Waals surface area contributed by atoms with Crippen LogP contribution in [0.2, 0.25) is 0 Å². The fourth-order valence-corrected chi connectivity index (χ4v) is 3.37. The van der Waals surface area contributed by atoms with Gasteiger partial charge >= 0.3 is 0 Å². The summed E-state index contributed by atoms with van der Waals surface area (Å²) >= 11 is 5.14. The molecule has 2 N–H and O–H groups in total. The highest BCUT2D eigenvalue weighted by molar-refractivity contribution is 9.10. The monoisotopic (exact) mass is 392 g/mol. The molecule has 3 nitrogen and oxygen atoms in total. The zero-order valence-electron chi connectivity index (χ0n) is 12.1. The van der Waals surface area contributed by atoms with Crippen molar-refractivity contribution in [2.75, 3.05) is 18.8 Å². The molecule has 21 heavy (non-hydrogen) atoms. The maximum Gasteiger partial charge on any atom is 0.221 e. The number of hydrogen-bond donors (Lipinski definition) is 2. The SMILES string of the molecule is CC1CCNCC1NC(=O)CCSc1ccc(Br)cc1.Cl. The number of benzene rings is 1. The Hall–Kier alpha value is -0.230. The van der Waals surface area contributed by atoms with Crippen LogP contribution in [0.15, 0.2) is 33.6 Å². The third-order valence-electron chi connectivity index (χ3n) is 3.59. The summed E-state index contributed by atoms with van der Waals surface area (Å²) in [4.78, 5) is 13.1. The van der Waals surface area contributed by atoms with E-state index in [0.717, 1.165) is 29.7 Å². The molecule has 2 rings (SSSR count). The van der Waals surface area contributed by atoms with E-state index in [1.807, 2.05) is 12.1 Å². The molecule has 0 saturated carbocycles. The highest BCUT2D eigenvalue weighted by atomic mass is 79.9. The molecule has 2 unspecified atom stereocenters. The first-order valence-electron chi connectivity index (χ1n) is 7.03. The normalized spacial score (nSPS) is 21.4. The molecule has 0 radical (unpaired) electrons. The Morgan fingerprint density at radius 1 is 1.43 bits per heavy atom. The van der Waals surface area contributed by atoms with Gasteiger partial charge in [-0.3, -0.25) is 4.79 Å². The van der Waals surface area contributed by atoms with E-state index in [-0.39, 0.29) is 24.4 Å². The van der Waals surface area contributed by atoms with Crippen molar-refractivity contribution in [3.63, 3.8) is 0 Å². The first kappa shape index (κ1) is 18.8. The standard InChI is InChI=1S/C15H21BrN2OS.ClH/c1-11-6-8-17-10-14(11)18-15(19)7-9-20-13-4-2-12(16)3-5-13;/h2-5,11,14,17H,6-10H2,1H3,(H,18,19);1H. The summed E-state index contributed by atoms with van der Waals surface area (Å²) < 4.78 is 1.08. The fourth-order valence-electron chi connectivity index (χ4n) is 2.25. The summed E-state index contributed by atoms with van der Waals surface area (Å²) in [6.45, 7) is 4.17.